The number of benzene rings is 1. The molecule has 31 heavy (non-hydrogen) atoms. The maximum absolute atomic E-state index is 12.4. The van der Waals surface area contributed by atoms with E-state index in [0.29, 0.717) is 29.4 Å². The number of rotatable bonds is 7. The molecule has 0 atom stereocenters. The molecule has 12 heteroatoms. The van der Waals surface area contributed by atoms with Crippen molar-refractivity contribution in [3.05, 3.63) is 47.5 Å². The second-order valence-corrected chi connectivity index (χ2v) is 6.09. The van der Waals surface area contributed by atoms with Gasteiger partial charge in [0.05, 0.1) is 25.5 Å². The third kappa shape index (κ3) is 4.69. The Morgan fingerprint density at radius 2 is 1.84 bits per heavy atom. The van der Waals surface area contributed by atoms with Gasteiger partial charge in [0.25, 0.3) is 17.6 Å². The highest BCUT2D eigenvalue weighted by atomic mass is 16.5. The fraction of sp³-hybridized carbons (Fsp3) is 0.263. The van der Waals surface area contributed by atoms with E-state index in [1.165, 1.54) is 43.4 Å². The molecule has 3 rings (SSSR count). The third-order valence-electron chi connectivity index (χ3n) is 4.26. The summed E-state index contributed by atoms with van der Waals surface area (Å²) in [6.45, 7) is 1.23. The van der Waals surface area contributed by atoms with Crippen molar-refractivity contribution in [2.75, 3.05) is 20.8 Å². The normalized spacial score (nSPS) is 10.4. The highest BCUT2D eigenvalue weighted by Crippen LogP contribution is 2.27. The van der Waals surface area contributed by atoms with Crippen molar-refractivity contribution in [2.45, 2.75) is 13.3 Å². The van der Waals surface area contributed by atoms with Gasteiger partial charge < -0.3 is 14.2 Å². The molecule has 0 spiro atoms. The molecule has 12 nitrogen and oxygen atoms in total. The molecule has 0 aliphatic rings. The Kier molecular flexibility index (Phi) is 6.60. The van der Waals surface area contributed by atoms with Crippen LogP contribution < -0.4 is 20.3 Å². The minimum absolute atomic E-state index is 0.169. The van der Waals surface area contributed by atoms with Crippen LogP contribution in [0, 0.1) is 0 Å². The number of hydrazine groups is 1. The molecule has 0 aliphatic heterocycles. The van der Waals surface area contributed by atoms with Crippen molar-refractivity contribution in [1.82, 2.24) is 30.4 Å². The Balaban J connectivity index is 1.56. The first kappa shape index (κ1) is 21.5. The van der Waals surface area contributed by atoms with Gasteiger partial charge in [0.15, 0.2) is 18.1 Å². The number of nitrogens with zero attached hydrogens (tertiary/aromatic N) is 4. The highest BCUT2D eigenvalue weighted by molar-refractivity contribution is 5.96. The largest absolute Gasteiger partial charge is 0.493 e. The number of carbonyl (C=O) groups excluding carboxylic acids is 3. The lowest BCUT2D eigenvalue weighted by atomic mass is 10.2. The SMILES string of the molecule is CCc1c(C(=O)OCC(=O)NNC(=O)c2ccc(OC)c(OC)c2)cnc2ncnn12. The van der Waals surface area contributed by atoms with Gasteiger partial charge in [-0.1, -0.05) is 6.92 Å². The summed E-state index contributed by atoms with van der Waals surface area (Å²) in [6.07, 6.45) is 3.12. The highest BCUT2D eigenvalue weighted by Gasteiger charge is 2.18. The molecule has 0 bridgehead atoms. The van der Waals surface area contributed by atoms with E-state index in [0.717, 1.165) is 0 Å². The first-order chi connectivity index (χ1) is 15.0. The Bertz CT molecular complexity index is 1130. The number of hydrogen-bond donors (Lipinski definition) is 2. The van der Waals surface area contributed by atoms with Gasteiger partial charge in [-0.2, -0.15) is 10.1 Å². The summed E-state index contributed by atoms with van der Waals surface area (Å²) < 4.78 is 16.7. The zero-order valence-corrected chi connectivity index (χ0v) is 17.0. The Morgan fingerprint density at radius 3 is 2.55 bits per heavy atom. The number of aryl methyl sites for hydroxylation is 1. The van der Waals surface area contributed by atoms with E-state index >= 15 is 0 Å². The number of hydrogen-bond acceptors (Lipinski definition) is 9. The number of esters is 1. The lowest BCUT2D eigenvalue weighted by Crippen LogP contribution is -2.43. The maximum Gasteiger partial charge on any atom is 0.342 e. The van der Waals surface area contributed by atoms with Crippen molar-refractivity contribution in [2.24, 2.45) is 0 Å². The lowest BCUT2D eigenvalue weighted by molar-refractivity contribution is -0.125. The predicted molar refractivity (Wildman–Crippen MR) is 106 cm³/mol. The summed E-state index contributed by atoms with van der Waals surface area (Å²) in [5.41, 5.74) is 5.36. The van der Waals surface area contributed by atoms with Gasteiger partial charge >= 0.3 is 5.97 Å². The Hall–Kier alpha value is -4.22. The predicted octanol–water partition coefficient (Wildman–Crippen LogP) is 0.322. The van der Waals surface area contributed by atoms with Gasteiger partial charge in [0, 0.05) is 11.8 Å². The summed E-state index contributed by atoms with van der Waals surface area (Å²) in [4.78, 5) is 44.5. The van der Waals surface area contributed by atoms with Gasteiger partial charge in [-0.05, 0) is 24.6 Å². The van der Waals surface area contributed by atoms with E-state index in [2.05, 4.69) is 25.9 Å². The molecule has 0 aliphatic carbocycles. The van der Waals surface area contributed by atoms with Crippen LogP contribution in [0.2, 0.25) is 0 Å². The van der Waals surface area contributed by atoms with Gasteiger partial charge in [0.1, 0.15) is 6.33 Å². The van der Waals surface area contributed by atoms with Crippen molar-refractivity contribution in [3.8, 4) is 11.5 Å². The van der Waals surface area contributed by atoms with Gasteiger partial charge in [-0.25, -0.2) is 14.3 Å². The number of amides is 2. The molecule has 0 saturated heterocycles. The summed E-state index contributed by atoms with van der Waals surface area (Å²) in [7, 11) is 2.92. The van der Waals surface area contributed by atoms with E-state index in [4.69, 9.17) is 14.2 Å². The van der Waals surface area contributed by atoms with Crippen molar-refractivity contribution in [1.29, 1.82) is 0 Å². The van der Waals surface area contributed by atoms with Crippen LogP contribution >= 0.6 is 0 Å². The maximum atomic E-state index is 12.4. The Morgan fingerprint density at radius 1 is 1.06 bits per heavy atom. The molecule has 2 heterocycles. The number of methoxy groups -OCH3 is 2. The fourth-order valence-corrected chi connectivity index (χ4v) is 2.76. The second kappa shape index (κ2) is 9.52. The molecule has 2 amide bonds. The van der Waals surface area contributed by atoms with Gasteiger partial charge in [-0.15, -0.1) is 0 Å². The molecule has 3 aromatic rings. The number of aromatic nitrogens is 4. The number of fused-ring (bicyclic) bond motifs is 1. The molecule has 0 fully saturated rings. The summed E-state index contributed by atoms with van der Waals surface area (Å²) in [5, 5.41) is 4.02. The van der Waals surface area contributed by atoms with Crippen LogP contribution in [0.1, 0.15) is 33.3 Å². The molecule has 2 N–H and O–H groups in total. The molecular formula is C19H20N6O6. The van der Waals surface area contributed by atoms with E-state index in [-0.39, 0.29) is 11.1 Å². The topological polar surface area (TPSA) is 146 Å². The first-order valence-electron chi connectivity index (χ1n) is 9.14. The standard InChI is InChI=1S/C19H20N6O6/c1-4-13-12(8-20-19-21-10-22-25(13)19)18(28)31-9-16(26)23-24-17(27)11-5-6-14(29-2)15(7-11)30-3/h5-8,10H,4,9H2,1-3H3,(H,23,26)(H,24,27). The molecule has 2 aromatic heterocycles. The second-order valence-electron chi connectivity index (χ2n) is 6.09. The molecule has 1 aromatic carbocycles. The lowest BCUT2D eigenvalue weighted by Gasteiger charge is -2.11. The number of ether oxygens (including phenoxy) is 3. The van der Waals surface area contributed by atoms with Crippen molar-refractivity contribution in [3.63, 3.8) is 0 Å². The van der Waals surface area contributed by atoms with E-state index in [9.17, 15) is 14.4 Å². The zero-order valence-electron chi connectivity index (χ0n) is 17.0. The van der Waals surface area contributed by atoms with Crippen LogP contribution in [0.25, 0.3) is 5.78 Å². The zero-order chi connectivity index (χ0) is 22.4. The molecular weight excluding hydrogens is 408 g/mol. The van der Waals surface area contributed by atoms with Crippen molar-refractivity contribution < 1.29 is 28.6 Å². The van der Waals surface area contributed by atoms with Crippen LogP contribution in [0.5, 0.6) is 11.5 Å². The first-order valence-corrected chi connectivity index (χ1v) is 9.14. The van der Waals surface area contributed by atoms with Crippen LogP contribution in [0.3, 0.4) is 0 Å². The average molecular weight is 428 g/mol. The van der Waals surface area contributed by atoms with E-state index in [1.807, 2.05) is 6.92 Å². The van der Waals surface area contributed by atoms with E-state index < -0.39 is 24.4 Å². The third-order valence-corrected chi connectivity index (χ3v) is 4.26. The number of nitrogens with one attached hydrogen (secondary N) is 2. The Labute approximate surface area is 176 Å². The minimum Gasteiger partial charge on any atom is -0.493 e. The quantitative estimate of drug-likeness (QED) is 0.401. The molecule has 0 radical (unpaired) electrons. The van der Waals surface area contributed by atoms with Crippen molar-refractivity contribution >= 4 is 23.6 Å². The molecule has 0 saturated carbocycles. The van der Waals surface area contributed by atoms with E-state index in [1.54, 1.807) is 6.07 Å². The summed E-state index contributed by atoms with van der Waals surface area (Å²) >= 11 is 0. The van der Waals surface area contributed by atoms with Crippen LogP contribution in [0.4, 0.5) is 0 Å². The fourth-order valence-electron chi connectivity index (χ4n) is 2.76. The molecule has 162 valence electrons. The van der Waals surface area contributed by atoms with Crippen LogP contribution in [0.15, 0.2) is 30.7 Å². The van der Waals surface area contributed by atoms with Gasteiger partial charge in [-0.3, -0.25) is 20.4 Å². The van der Waals surface area contributed by atoms with Crippen LogP contribution in [-0.2, 0) is 16.0 Å². The smallest absolute Gasteiger partial charge is 0.342 e. The van der Waals surface area contributed by atoms with Crippen LogP contribution in [-0.4, -0.2) is 58.2 Å². The van der Waals surface area contributed by atoms with Gasteiger partial charge in [0.2, 0.25) is 0 Å². The summed E-state index contributed by atoms with van der Waals surface area (Å²) in [6, 6.07) is 4.52. The minimum atomic E-state index is -0.747. The monoisotopic (exact) mass is 428 g/mol. The average Bonchev–Trinajstić information content (AvgIpc) is 3.28. The summed E-state index contributed by atoms with van der Waals surface area (Å²) in [5.74, 6) is -0.892. The molecule has 0 unspecified atom stereocenters. The number of carbonyl (C=O) groups is 3.